The van der Waals surface area contributed by atoms with E-state index in [-0.39, 0.29) is 0 Å². The molecule has 0 aliphatic carbocycles. The summed E-state index contributed by atoms with van der Waals surface area (Å²) < 4.78 is 0. The molecule has 1 nitrogen and oxygen atoms in total. The summed E-state index contributed by atoms with van der Waals surface area (Å²) >= 11 is 5.51. The monoisotopic (exact) mass is 218 g/mol. The van der Waals surface area contributed by atoms with Gasteiger partial charge in [-0.1, -0.05) is 24.3 Å². The second-order valence-corrected chi connectivity index (χ2v) is 4.03. The Morgan fingerprint density at radius 1 is 1.07 bits per heavy atom. The summed E-state index contributed by atoms with van der Waals surface area (Å²) in [5, 5.41) is 1.88. The van der Waals surface area contributed by atoms with Gasteiger partial charge in [0, 0.05) is 5.56 Å². The van der Waals surface area contributed by atoms with E-state index in [9.17, 15) is 4.79 Å². The molecule has 0 aromatic heterocycles. The van der Waals surface area contributed by atoms with Gasteiger partial charge in [0.05, 0.1) is 0 Å². The van der Waals surface area contributed by atoms with Crippen molar-refractivity contribution in [2.45, 2.75) is 13.8 Å². The van der Waals surface area contributed by atoms with Crippen molar-refractivity contribution in [3.63, 3.8) is 0 Å². The molecule has 2 aromatic carbocycles. The van der Waals surface area contributed by atoms with E-state index < -0.39 is 5.24 Å². The van der Waals surface area contributed by atoms with E-state index in [2.05, 4.69) is 13.0 Å². The van der Waals surface area contributed by atoms with Crippen molar-refractivity contribution in [2.75, 3.05) is 0 Å². The van der Waals surface area contributed by atoms with Crippen molar-refractivity contribution in [2.24, 2.45) is 0 Å². The minimum absolute atomic E-state index is 0.393. The predicted molar refractivity (Wildman–Crippen MR) is 63.6 cm³/mol. The molecule has 0 heterocycles. The molecule has 15 heavy (non-hydrogen) atoms. The highest BCUT2D eigenvalue weighted by Crippen LogP contribution is 2.25. The number of hydrogen-bond acceptors (Lipinski definition) is 1. The van der Waals surface area contributed by atoms with Crippen molar-refractivity contribution >= 4 is 27.6 Å². The van der Waals surface area contributed by atoms with Crippen molar-refractivity contribution in [1.29, 1.82) is 0 Å². The lowest BCUT2D eigenvalue weighted by atomic mass is 9.98. The zero-order valence-corrected chi connectivity index (χ0v) is 9.43. The van der Waals surface area contributed by atoms with Crippen LogP contribution in [0.2, 0.25) is 0 Å². The molecule has 0 spiro atoms. The number of carbonyl (C=O) groups excluding carboxylic acids is 1. The highest BCUT2D eigenvalue weighted by molar-refractivity contribution is 6.68. The maximum absolute atomic E-state index is 11.2. The summed E-state index contributed by atoms with van der Waals surface area (Å²) in [4.78, 5) is 11.2. The molecular formula is C13H11ClO. The molecule has 2 heteroatoms. The van der Waals surface area contributed by atoms with E-state index in [1.807, 2.05) is 25.1 Å². The van der Waals surface area contributed by atoms with Crippen LogP contribution in [0.4, 0.5) is 0 Å². The zero-order valence-electron chi connectivity index (χ0n) is 8.67. The van der Waals surface area contributed by atoms with E-state index in [0.29, 0.717) is 5.56 Å². The molecule has 0 saturated heterocycles. The first-order chi connectivity index (χ1) is 7.11. The van der Waals surface area contributed by atoms with Gasteiger partial charge in [-0.05, 0) is 53.4 Å². The van der Waals surface area contributed by atoms with Gasteiger partial charge in [0.25, 0.3) is 5.24 Å². The number of carbonyl (C=O) groups is 1. The fraction of sp³-hybridized carbons (Fsp3) is 0.154. The fourth-order valence-corrected chi connectivity index (χ4v) is 2.08. The first kappa shape index (κ1) is 10.2. The second-order valence-electron chi connectivity index (χ2n) is 3.68. The molecule has 0 radical (unpaired) electrons. The molecule has 76 valence electrons. The standard InChI is InChI=1S/C13H11ClO/c1-8-4-3-5-11-9(2)12(13(14)15)7-6-10(8)11/h3-7H,1-2H3. The molecule has 0 saturated carbocycles. The van der Waals surface area contributed by atoms with Crippen molar-refractivity contribution in [3.05, 3.63) is 47.0 Å². The molecule has 0 aliphatic rings. The highest BCUT2D eigenvalue weighted by Gasteiger charge is 2.09. The van der Waals surface area contributed by atoms with Crippen LogP contribution in [0.1, 0.15) is 21.5 Å². The molecule has 0 N–H and O–H groups in total. The van der Waals surface area contributed by atoms with Crippen LogP contribution in [-0.2, 0) is 0 Å². The fourth-order valence-electron chi connectivity index (χ4n) is 1.88. The highest BCUT2D eigenvalue weighted by atomic mass is 35.5. The Bertz CT molecular complexity index is 543. The molecule has 0 aliphatic heterocycles. The predicted octanol–water partition coefficient (Wildman–Crippen LogP) is 3.84. The number of benzene rings is 2. The average molecular weight is 219 g/mol. The summed E-state index contributed by atoms with van der Waals surface area (Å²) in [7, 11) is 0. The summed E-state index contributed by atoms with van der Waals surface area (Å²) in [5.41, 5.74) is 2.76. The third-order valence-electron chi connectivity index (χ3n) is 2.76. The van der Waals surface area contributed by atoms with Gasteiger partial charge in [-0.15, -0.1) is 0 Å². The summed E-state index contributed by atoms with van der Waals surface area (Å²) in [6, 6.07) is 9.81. The van der Waals surface area contributed by atoms with Gasteiger partial charge in [0.2, 0.25) is 0 Å². The van der Waals surface area contributed by atoms with Crippen LogP contribution in [0, 0.1) is 13.8 Å². The Morgan fingerprint density at radius 3 is 2.47 bits per heavy atom. The van der Waals surface area contributed by atoms with E-state index in [1.165, 1.54) is 10.9 Å². The maximum Gasteiger partial charge on any atom is 0.252 e. The topological polar surface area (TPSA) is 17.1 Å². The van der Waals surface area contributed by atoms with Gasteiger partial charge < -0.3 is 0 Å². The number of rotatable bonds is 1. The van der Waals surface area contributed by atoms with E-state index in [4.69, 9.17) is 11.6 Å². The number of aryl methyl sites for hydroxylation is 2. The van der Waals surface area contributed by atoms with Crippen LogP contribution in [0.5, 0.6) is 0 Å². The Balaban J connectivity index is 2.86. The summed E-state index contributed by atoms with van der Waals surface area (Å²) in [6.07, 6.45) is 0. The number of hydrogen-bond donors (Lipinski definition) is 0. The Labute approximate surface area is 93.7 Å². The van der Waals surface area contributed by atoms with Crippen molar-refractivity contribution in [3.8, 4) is 0 Å². The van der Waals surface area contributed by atoms with E-state index >= 15 is 0 Å². The lowest BCUT2D eigenvalue weighted by molar-refractivity contribution is 0.108. The first-order valence-corrected chi connectivity index (χ1v) is 5.18. The van der Waals surface area contributed by atoms with E-state index in [1.54, 1.807) is 6.07 Å². The average Bonchev–Trinajstić information content (AvgIpc) is 2.19. The Morgan fingerprint density at radius 2 is 1.80 bits per heavy atom. The normalized spacial score (nSPS) is 10.6. The molecule has 0 atom stereocenters. The van der Waals surface area contributed by atoms with Crippen molar-refractivity contribution in [1.82, 2.24) is 0 Å². The lowest BCUT2D eigenvalue weighted by Gasteiger charge is -2.07. The Kier molecular flexibility index (Phi) is 2.49. The number of fused-ring (bicyclic) bond motifs is 1. The van der Waals surface area contributed by atoms with Gasteiger partial charge in [-0.25, -0.2) is 0 Å². The lowest BCUT2D eigenvalue weighted by Crippen LogP contribution is -1.94. The summed E-state index contributed by atoms with van der Waals surface area (Å²) in [5.74, 6) is 0. The smallest absolute Gasteiger partial charge is 0.252 e. The minimum Gasteiger partial charge on any atom is -0.276 e. The van der Waals surface area contributed by atoms with Crippen LogP contribution in [-0.4, -0.2) is 5.24 Å². The first-order valence-electron chi connectivity index (χ1n) is 4.80. The van der Waals surface area contributed by atoms with Gasteiger partial charge in [-0.3, -0.25) is 4.79 Å². The summed E-state index contributed by atoms with van der Waals surface area (Å²) in [6.45, 7) is 3.99. The number of halogens is 1. The van der Waals surface area contributed by atoms with Gasteiger partial charge in [0.15, 0.2) is 0 Å². The van der Waals surface area contributed by atoms with Crippen molar-refractivity contribution < 1.29 is 4.79 Å². The van der Waals surface area contributed by atoms with Crippen LogP contribution in [0.3, 0.4) is 0 Å². The molecular weight excluding hydrogens is 208 g/mol. The van der Waals surface area contributed by atoms with Crippen LogP contribution in [0.15, 0.2) is 30.3 Å². The van der Waals surface area contributed by atoms with Crippen LogP contribution < -0.4 is 0 Å². The van der Waals surface area contributed by atoms with E-state index in [0.717, 1.165) is 10.9 Å². The Hall–Kier alpha value is -1.34. The van der Waals surface area contributed by atoms with Crippen LogP contribution >= 0.6 is 11.6 Å². The second kappa shape index (κ2) is 3.67. The molecule has 0 fully saturated rings. The van der Waals surface area contributed by atoms with Gasteiger partial charge in [-0.2, -0.15) is 0 Å². The third-order valence-corrected chi connectivity index (χ3v) is 2.96. The molecule has 0 bridgehead atoms. The third kappa shape index (κ3) is 1.64. The molecule has 2 rings (SSSR count). The SMILES string of the molecule is Cc1cccc2c(C)c(C(=O)Cl)ccc12. The largest absolute Gasteiger partial charge is 0.276 e. The van der Waals surface area contributed by atoms with Crippen LogP contribution in [0.25, 0.3) is 10.8 Å². The molecule has 2 aromatic rings. The molecule has 0 amide bonds. The van der Waals surface area contributed by atoms with Gasteiger partial charge in [0.1, 0.15) is 0 Å². The maximum atomic E-state index is 11.2. The zero-order chi connectivity index (χ0) is 11.0. The minimum atomic E-state index is -0.393. The van der Waals surface area contributed by atoms with Gasteiger partial charge >= 0.3 is 0 Å². The quantitative estimate of drug-likeness (QED) is 0.665. The molecule has 0 unspecified atom stereocenters.